The fraction of sp³-hybridized carbons (Fsp3) is 0.348. The lowest BCUT2D eigenvalue weighted by Gasteiger charge is -2.37. The topological polar surface area (TPSA) is 131 Å². The fourth-order valence-corrected chi connectivity index (χ4v) is 4.65. The Morgan fingerprint density at radius 2 is 1.89 bits per heavy atom. The standard InChI is InChI=1S/C23H20F3N5O6/c24-15-10-13-17(30(12-3-4-12)11-14(19(13)32)22(33)34)20(37-23(25)26)18(15)28-6-8-29(9-7-28)21-16(31(35)36)2-1-5-27-21/h1-2,5,10-12,23H,3-4,6-9H2,(H,33,34). The van der Waals surface area contributed by atoms with Crippen molar-refractivity contribution in [1.29, 1.82) is 0 Å². The summed E-state index contributed by atoms with van der Waals surface area (Å²) in [6, 6.07) is 3.36. The predicted octanol–water partition coefficient (Wildman–Crippen LogP) is 3.40. The molecule has 3 aromatic rings. The van der Waals surface area contributed by atoms with Gasteiger partial charge in [0.25, 0.3) is 0 Å². The number of carbonyl (C=O) groups is 1. The molecule has 2 fully saturated rings. The highest BCUT2D eigenvalue weighted by Gasteiger charge is 2.34. The van der Waals surface area contributed by atoms with Crippen LogP contribution in [0.4, 0.5) is 30.4 Å². The Morgan fingerprint density at radius 3 is 2.49 bits per heavy atom. The van der Waals surface area contributed by atoms with Crippen LogP contribution in [-0.2, 0) is 0 Å². The van der Waals surface area contributed by atoms with Crippen molar-refractivity contribution < 1.29 is 32.7 Å². The van der Waals surface area contributed by atoms with E-state index in [2.05, 4.69) is 4.98 Å². The molecule has 1 N–H and O–H groups in total. The molecular weight excluding hydrogens is 499 g/mol. The lowest BCUT2D eigenvalue weighted by atomic mass is 10.1. The first-order valence-corrected chi connectivity index (χ1v) is 11.4. The van der Waals surface area contributed by atoms with E-state index in [-0.39, 0.29) is 60.3 Å². The van der Waals surface area contributed by atoms with Crippen LogP contribution >= 0.6 is 0 Å². The molecule has 0 amide bonds. The van der Waals surface area contributed by atoms with Gasteiger partial charge in [-0.25, -0.2) is 14.2 Å². The van der Waals surface area contributed by atoms with E-state index in [4.69, 9.17) is 4.74 Å². The van der Waals surface area contributed by atoms with Crippen molar-refractivity contribution in [1.82, 2.24) is 9.55 Å². The van der Waals surface area contributed by atoms with E-state index in [1.54, 1.807) is 4.90 Å². The molecule has 0 atom stereocenters. The summed E-state index contributed by atoms with van der Waals surface area (Å²) in [6.07, 6.45) is 3.75. The van der Waals surface area contributed by atoms with E-state index < -0.39 is 40.1 Å². The van der Waals surface area contributed by atoms with Crippen molar-refractivity contribution in [2.24, 2.45) is 0 Å². The van der Waals surface area contributed by atoms with E-state index in [0.29, 0.717) is 12.8 Å². The van der Waals surface area contributed by atoms with Crippen molar-refractivity contribution in [3.05, 3.63) is 62.3 Å². The highest BCUT2D eigenvalue weighted by Crippen LogP contribution is 2.44. The molecule has 1 aromatic carbocycles. The minimum absolute atomic E-state index is 0.0800. The Kier molecular flexibility index (Phi) is 6.09. The number of benzene rings is 1. The van der Waals surface area contributed by atoms with Crippen LogP contribution in [0.25, 0.3) is 10.9 Å². The van der Waals surface area contributed by atoms with Crippen molar-refractivity contribution in [3.63, 3.8) is 0 Å². The number of hydrogen-bond acceptors (Lipinski definition) is 8. The number of aromatic carboxylic acids is 1. The monoisotopic (exact) mass is 519 g/mol. The van der Waals surface area contributed by atoms with E-state index in [0.717, 1.165) is 12.3 Å². The second kappa shape index (κ2) is 9.26. The first kappa shape index (κ1) is 24.3. The number of carboxylic acid groups (broad SMARTS) is 1. The zero-order valence-electron chi connectivity index (χ0n) is 19.1. The van der Waals surface area contributed by atoms with Gasteiger partial charge in [-0.2, -0.15) is 8.78 Å². The maximum atomic E-state index is 15.5. The zero-order valence-corrected chi connectivity index (χ0v) is 19.1. The van der Waals surface area contributed by atoms with Crippen molar-refractivity contribution in [2.45, 2.75) is 25.5 Å². The summed E-state index contributed by atoms with van der Waals surface area (Å²) in [6.45, 7) is -2.86. The average Bonchev–Trinajstić information content (AvgIpc) is 3.70. The normalized spacial score (nSPS) is 15.9. The molecule has 1 aliphatic heterocycles. The summed E-state index contributed by atoms with van der Waals surface area (Å²) < 4.78 is 48.8. The maximum Gasteiger partial charge on any atom is 0.387 e. The maximum absolute atomic E-state index is 15.5. The van der Waals surface area contributed by atoms with E-state index in [1.165, 1.54) is 27.8 Å². The molecule has 1 saturated heterocycles. The zero-order chi connectivity index (χ0) is 26.4. The van der Waals surface area contributed by atoms with Crippen LogP contribution < -0.4 is 20.0 Å². The van der Waals surface area contributed by atoms with Crippen LogP contribution in [0.3, 0.4) is 0 Å². The summed E-state index contributed by atoms with van der Waals surface area (Å²) in [5.41, 5.74) is -2.19. The van der Waals surface area contributed by atoms with Crippen LogP contribution in [0.1, 0.15) is 29.2 Å². The Balaban J connectivity index is 1.60. The van der Waals surface area contributed by atoms with Gasteiger partial charge in [0.2, 0.25) is 11.2 Å². The molecule has 2 aliphatic rings. The molecule has 11 nitrogen and oxygen atoms in total. The molecule has 1 aliphatic carbocycles. The third kappa shape index (κ3) is 4.38. The molecule has 14 heteroatoms. The van der Waals surface area contributed by atoms with Gasteiger partial charge in [-0.15, -0.1) is 0 Å². The minimum Gasteiger partial charge on any atom is -0.477 e. The lowest BCUT2D eigenvalue weighted by Crippen LogP contribution is -2.47. The Hall–Kier alpha value is -4.36. The minimum atomic E-state index is -3.34. The highest BCUT2D eigenvalue weighted by atomic mass is 19.3. The summed E-state index contributed by atoms with van der Waals surface area (Å²) in [5.74, 6) is -2.95. The molecule has 37 heavy (non-hydrogen) atoms. The third-order valence-corrected chi connectivity index (χ3v) is 6.43. The molecule has 0 unspecified atom stereocenters. The van der Waals surface area contributed by atoms with E-state index in [9.17, 15) is 33.6 Å². The van der Waals surface area contributed by atoms with Gasteiger partial charge in [0.1, 0.15) is 11.3 Å². The predicted molar refractivity (Wildman–Crippen MR) is 125 cm³/mol. The SMILES string of the molecule is O=C(O)c1cn(C2CC2)c2c(OC(F)F)c(N3CCN(c4ncccc4[N+](=O)[O-])CC3)c(F)cc2c1=O. The van der Waals surface area contributed by atoms with Gasteiger partial charge in [0.15, 0.2) is 11.6 Å². The quantitative estimate of drug-likeness (QED) is 0.369. The van der Waals surface area contributed by atoms with Crippen molar-refractivity contribution in [2.75, 3.05) is 36.0 Å². The van der Waals surface area contributed by atoms with Gasteiger partial charge in [-0.05, 0) is 25.0 Å². The summed E-state index contributed by atoms with van der Waals surface area (Å²) in [5, 5.41) is 20.5. The number of nitrogens with zero attached hydrogens (tertiary/aromatic N) is 5. The number of rotatable bonds is 7. The second-order valence-corrected chi connectivity index (χ2v) is 8.70. The summed E-state index contributed by atoms with van der Waals surface area (Å²) >= 11 is 0. The second-order valence-electron chi connectivity index (χ2n) is 8.70. The number of alkyl halides is 2. The van der Waals surface area contributed by atoms with Crippen LogP contribution in [0, 0.1) is 15.9 Å². The first-order valence-electron chi connectivity index (χ1n) is 11.4. The molecule has 0 bridgehead atoms. The molecular formula is C23H20F3N5O6. The van der Waals surface area contributed by atoms with Gasteiger partial charge in [0, 0.05) is 50.7 Å². The van der Waals surface area contributed by atoms with Crippen LogP contribution in [0.2, 0.25) is 0 Å². The smallest absolute Gasteiger partial charge is 0.387 e. The number of carboxylic acids is 1. The number of anilines is 2. The van der Waals surface area contributed by atoms with Gasteiger partial charge >= 0.3 is 18.3 Å². The summed E-state index contributed by atoms with van der Waals surface area (Å²) in [4.78, 5) is 42.5. The number of ether oxygens (including phenoxy) is 1. The first-order chi connectivity index (χ1) is 17.7. The van der Waals surface area contributed by atoms with Crippen LogP contribution in [0.15, 0.2) is 35.4 Å². The van der Waals surface area contributed by atoms with Gasteiger partial charge in [0.05, 0.1) is 15.8 Å². The number of nitro groups is 1. The van der Waals surface area contributed by atoms with Gasteiger partial charge in [-0.3, -0.25) is 14.9 Å². The largest absolute Gasteiger partial charge is 0.477 e. The highest BCUT2D eigenvalue weighted by molar-refractivity contribution is 5.97. The molecule has 3 heterocycles. The Bertz CT molecular complexity index is 1470. The van der Waals surface area contributed by atoms with Crippen molar-refractivity contribution >= 4 is 34.1 Å². The van der Waals surface area contributed by atoms with Crippen LogP contribution in [-0.4, -0.2) is 58.3 Å². The number of halogens is 3. The van der Waals surface area contributed by atoms with E-state index in [1.807, 2.05) is 0 Å². The molecule has 0 spiro atoms. The van der Waals surface area contributed by atoms with Crippen LogP contribution in [0.5, 0.6) is 5.75 Å². The number of aromatic nitrogens is 2. The number of piperazine rings is 1. The van der Waals surface area contributed by atoms with Gasteiger partial charge < -0.3 is 24.2 Å². The molecule has 5 rings (SSSR count). The molecule has 1 saturated carbocycles. The Labute approximate surface area is 206 Å². The number of fused-ring (bicyclic) bond motifs is 1. The van der Waals surface area contributed by atoms with Gasteiger partial charge in [-0.1, -0.05) is 0 Å². The molecule has 0 radical (unpaired) electrons. The fourth-order valence-electron chi connectivity index (χ4n) is 4.65. The number of pyridine rings is 2. The number of hydrogen-bond donors (Lipinski definition) is 1. The average molecular weight is 519 g/mol. The van der Waals surface area contributed by atoms with E-state index >= 15 is 4.39 Å². The summed E-state index contributed by atoms with van der Waals surface area (Å²) in [7, 11) is 0. The Morgan fingerprint density at radius 1 is 1.22 bits per heavy atom. The molecule has 194 valence electrons. The molecule has 2 aromatic heterocycles. The third-order valence-electron chi connectivity index (χ3n) is 6.43. The van der Waals surface area contributed by atoms with Crippen molar-refractivity contribution in [3.8, 4) is 5.75 Å². The lowest BCUT2D eigenvalue weighted by molar-refractivity contribution is -0.384.